The number of fused-ring (bicyclic) bond motifs is 4. The number of nitrogens with one attached hydrogen (secondary N) is 2. The second-order valence-electron chi connectivity index (χ2n) is 9.17. The summed E-state index contributed by atoms with van der Waals surface area (Å²) in [7, 11) is 0. The molecule has 2 aromatic rings. The summed E-state index contributed by atoms with van der Waals surface area (Å²) in [4.78, 5) is 40.3. The van der Waals surface area contributed by atoms with Crippen molar-refractivity contribution < 1.29 is 9.59 Å². The number of likely N-dealkylation sites (tertiary alicyclic amines) is 1. The van der Waals surface area contributed by atoms with Crippen LogP contribution in [0.15, 0.2) is 41.2 Å². The lowest BCUT2D eigenvalue weighted by Gasteiger charge is -2.43. The van der Waals surface area contributed by atoms with E-state index in [1.165, 1.54) is 5.56 Å². The Labute approximate surface area is 198 Å². The lowest BCUT2D eigenvalue weighted by molar-refractivity contribution is -0.118. The molecule has 0 saturated carbocycles. The number of piperidine rings is 1. The number of nitrogens with zero attached hydrogens (tertiary/aromatic N) is 2. The number of carbonyl (C=O) groups is 2. The molecule has 0 aliphatic carbocycles. The Kier molecular flexibility index (Phi) is 7.12. The van der Waals surface area contributed by atoms with Crippen LogP contribution < -0.4 is 16.2 Å². The van der Waals surface area contributed by atoms with Gasteiger partial charge in [0.2, 0.25) is 5.91 Å². The second-order valence-corrected chi connectivity index (χ2v) is 10.2. The van der Waals surface area contributed by atoms with Gasteiger partial charge in [-0.15, -0.1) is 0 Å². The van der Waals surface area contributed by atoms with Gasteiger partial charge in [0, 0.05) is 43.0 Å². The summed E-state index contributed by atoms with van der Waals surface area (Å²) >= 11 is 1.65. The van der Waals surface area contributed by atoms with Gasteiger partial charge in [-0.1, -0.05) is 12.1 Å². The van der Waals surface area contributed by atoms with Crippen molar-refractivity contribution in [3.05, 3.63) is 63.6 Å². The van der Waals surface area contributed by atoms with Gasteiger partial charge in [-0.2, -0.15) is 11.8 Å². The van der Waals surface area contributed by atoms with Crippen LogP contribution in [0.2, 0.25) is 0 Å². The number of aromatic nitrogens is 1. The third-order valence-corrected chi connectivity index (χ3v) is 7.41. The molecule has 0 unspecified atom stereocenters. The minimum atomic E-state index is -0.608. The molecular weight excluding hydrogens is 436 g/mol. The molecule has 2 bridgehead atoms. The Hall–Kier alpha value is -2.74. The predicted octanol–water partition coefficient (Wildman–Crippen LogP) is 3.35. The van der Waals surface area contributed by atoms with E-state index in [2.05, 4.69) is 10.6 Å². The van der Waals surface area contributed by atoms with E-state index in [0.29, 0.717) is 26.1 Å². The summed E-state index contributed by atoms with van der Waals surface area (Å²) in [5.74, 6) is 0.962. The van der Waals surface area contributed by atoms with Crippen LogP contribution in [0.5, 0.6) is 0 Å². The first-order valence-electron chi connectivity index (χ1n) is 11.5. The molecule has 1 aromatic heterocycles. The Morgan fingerprint density at radius 2 is 1.94 bits per heavy atom. The molecular formula is C25H32N4O3S. The van der Waals surface area contributed by atoms with Gasteiger partial charge >= 0.3 is 6.03 Å². The van der Waals surface area contributed by atoms with E-state index in [0.717, 1.165) is 29.1 Å². The SMILES string of the molecule is CSCC[C@H](NC(=O)N1C[C@@H]2C[C@@H](C1)c1cccc(=O)n1C2)C(=O)Nc1ccc(C)c(C)c1. The van der Waals surface area contributed by atoms with Crippen molar-refractivity contribution >= 4 is 29.4 Å². The summed E-state index contributed by atoms with van der Waals surface area (Å²) in [5, 5.41) is 5.95. The second kappa shape index (κ2) is 10.0. The standard InChI is InChI=1S/C25H32N4O3S/c1-16-7-8-20(11-17(16)2)26-24(31)21(9-10-33-3)27-25(32)28-13-18-12-19(15-28)22-5-4-6-23(30)29(22)14-18/h4-8,11,18-19,21H,9-10,12-15H2,1-3H3,(H,26,31)(H,27,32)/t18-,19-,21-/m0/s1. The first-order chi connectivity index (χ1) is 15.9. The molecule has 33 heavy (non-hydrogen) atoms. The molecule has 176 valence electrons. The molecule has 4 rings (SSSR count). The number of hydrogen-bond donors (Lipinski definition) is 2. The Morgan fingerprint density at radius 3 is 2.70 bits per heavy atom. The van der Waals surface area contributed by atoms with Gasteiger partial charge in [0.25, 0.3) is 5.56 Å². The van der Waals surface area contributed by atoms with Crippen molar-refractivity contribution in [2.45, 2.75) is 45.2 Å². The van der Waals surface area contributed by atoms with Crippen LogP contribution in [0.4, 0.5) is 10.5 Å². The molecule has 2 N–H and O–H groups in total. The van der Waals surface area contributed by atoms with Crippen LogP contribution in [0, 0.1) is 19.8 Å². The van der Waals surface area contributed by atoms with E-state index in [-0.39, 0.29) is 29.3 Å². The third kappa shape index (κ3) is 5.27. The first kappa shape index (κ1) is 23.4. The summed E-state index contributed by atoms with van der Waals surface area (Å²) < 4.78 is 1.85. The average molecular weight is 469 g/mol. The average Bonchev–Trinajstić information content (AvgIpc) is 2.79. The third-order valence-electron chi connectivity index (χ3n) is 6.77. The molecule has 3 heterocycles. The van der Waals surface area contributed by atoms with E-state index >= 15 is 0 Å². The van der Waals surface area contributed by atoms with Crippen LogP contribution in [0.25, 0.3) is 0 Å². The number of carbonyl (C=O) groups excluding carboxylic acids is 2. The summed E-state index contributed by atoms with van der Waals surface area (Å²) in [6.07, 6.45) is 3.53. The van der Waals surface area contributed by atoms with Crippen molar-refractivity contribution in [2.75, 3.05) is 30.4 Å². The monoisotopic (exact) mass is 468 g/mol. The molecule has 7 nitrogen and oxygen atoms in total. The molecule has 0 spiro atoms. The highest BCUT2D eigenvalue weighted by atomic mass is 32.2. The van der Waals surface area contributed by atoms with E-state index < -0.39 is 6.04 Å². The fourth-order valence-electron chi connectivity index (χ4n) is 4.86. The fourth-order valence-corrected chi connectivity index (χ4v) is 5.33. The molecule has 8 heteroatoms. The Morgan fingerprint density at radius 1 is 1.12 bits per heavy atom. The molecule has 1 saturated heterocycles. The number of benzene rings is 1. The number of hydrogen-bond acceptors (Lipinski definition) is 4. The molecule has 0 radical (unpaired) electrons. The van der Waals surface area contributed by atoms with Gasteiger partial charge in [0.15, 0.2) is 0 Å². The van der Waals surface area contributed by atoms with E-state index in [9.17, 15) is 14.4 Å². The van der Waals surface area contributed by atoms with Gasteiger partial charge in [-0.05, 0) is 73.9 Å². The van der Waals surface area contributed by atoms with Gasteiger partial charge in [0.05, 0.1) is 0 Å². The maximum absolute atomic E-state index is 13.2. The number of amides is 3. The Bertz CT molecular complexity index is 1100. The number of pyridine rings is 1. The maximum atomic E-state index is 13.2. The number of urea groups is 1. The zero-order chi connectivity index (χ0) is 23.5. The minimum Gasteiger partial charge on any atom is -0.326 e. The van der Waals surface area contributed by atoms with Crippen LogP contribution in [-0.4, -0.2) is 52.5 Å². The first-order valence-corrected chi connectivity index (χ1v) is 12.9. The van der Waals surface area contributed by atoms with E-state index in [1.807, 2.05) is 53.8 Å². The highest BCUT2D eigenvalue weighted by Crippen LogP contribution is 2.34. The molecule has 3 atom stereocenters. The number of thioether (sulfide) groups is 1. The van der Waals surface area contributed by atoms with Crippen molar-refractivity contribution in [1.29, 1.82) is 0 Å². The molecule has 1 fully saturated rings. The quantitative estimate of drug-likeness (QED) is 0.681. The minimum absolute atomic E-state index is 0.0280. The largest absolute Gasteiger partial charge is 0.326 e. The highest BCUT2D eigenvalue weighted by molar-refractivity contribution is 7.98. The number of rotatable bonds is 6. The summed E-state index contributed by atoms with van der Waals surface area (Å²) in [6, 6.07) is 10.4. The lowest BCUT2D eigenvalue weighted by Crippen LogP contribution is -2.55. The van der Waals surface area contributed by atoms with Crippen LogP contribution in [0.1, 0.15) is 35.6 Å². The fraction of sp³-hybridized carbons (Fsp3) is 0.480. The van der Waals surface area contributed by atoms with Crippen molar-refractivity contribution in [1.82, 2.24) is 14.8 Å². The Balaban J connectivity index is 1.44. The van der Waals surface area contributed by atoms with Gasteiger partial charge in [-0.3, -0.25) is 9.59 Å². The molecule has 2 aliphatic heterocycles. The van der Waals surface area contributed by atoms with Gasteiger partial charge in [0.1, 0.15) is 6.04 Å². The van der Waals surface area contributed by atoms with Crippen molar-refractivity contribution in [3.8, 4) is 0 Å². The van der Waals surface area contributed by atoms with Crippen LogP contribution >= 0.6 is 11.8 Å². The lowest BCUT2D eigenvalue weighted by atomic mass is 9.83. The normalized spacial score (nSPS) is 20.0. The number of aryl methyl sites for hydroxylation is 2. The van der Waals surface area contributed by atoms with Gasteiger partial charge < -0.3 is 20.1 Å². The highest BCUT2D eigenvalue weighted by Gasteiger charge is 2.37. The smallest absolute Gasteiger partial charge is 0.318 e. The summed E-state index contributed by atoms with van der Waals surface area (Å²) in [6.45, 7) is 5.83. The van der Waals surface area contributed by atoms with Crippen LogP contribution in [0.3, 0.4) is 0 Å². The van der Waals surface area contributed by atoms with Crippen molar-refractivity contribution in [2.24, 2.45) is 5.92 Å². The molecule has 1 aromatic carbocycles. The zero-order valence-corrected chi connectivity index (χ0v) is 20.3. The predicted molar refractivity (Wildman–Crippen MR) is 133 cm³/mol. The van der Waals surface area contributed by atoms with Crippen molar-refractivity contribution in [3.63, 3.8) is 0 Å². The van der Waals surface area contributed by atoms with Gasteiger partial charge in [-0.25, -0.2) is 4.79 Å². The summed E-state index contributed by atoms with van der Waals surface area (Å²) in [5.41, 5.74) is 4.04. The van der Waals surface area contributed by atoms with E-state index in [4.69, 9.17) is 0 Å². The van der Waals surface area contributed by atoms with E-state index in [1.54, 1.807) is 23.9 Å². The molecule has 3 amide bonds. The maximum Gasteiger partial charge on any atom is 0.318 e. The zero-order valence-electron chi connectivity index (χ0n) is 19.5. The topological polar surface area (TPSA) is 83.4 Å². The number of anilines is 1. The van der Waals surface area contributed by atoms with Crippen LogP contribution in [-0.2, 0) is 11.3 Å². The molecule has 2 aliphatic rings.